The van der Waals surface area contributed by atoms with E-state index in [2.05, 4.69) is 22.8 Å². The molecule has 5 nitrogen and oxygen atoms in total. The second-order valence-electron chi connectivity index (χ2n) is 4.74. The van der Waals surface area contributed by atoms with Crippen molar-refractivity contribution in [3.05, 3.63) is 29.8 Å². The summed E-state index contributed by atoms with van der Waals surface area (Å²) in [6.07, 6.45) is 5.21. The molecule has 0 fully saturated rings. The van der Waals surface area contributed by atoms with Crippen molar-refractivity contribution in [1.29, 1.82) is 0 Å². The quantitative estimate of drug-likeness (QED) is 0.300. The van der Waals surface area contributed by atoms with Gasteiger partial charge in [0.25, 0.3) is 0 Å². The lowest BCUT2D eigenvalue weighted by molar-refractivity contribution is 0.204. The lowest BCUT2D eigenvalue weighted by atomic mass is 10.2. The summed E-state index contributed by atoms with van der Waals surface area (Å²) in [7, 11) is 1.65. The number of hydrogen-bond acceptors (Lipinski definition) is 4. The van der Waals surface area contributed by atoms with E-state index in [4.69, 9.17) is 21.7 Å². The van der Waals surface area contributed by atoms with Crippen LogP contribution < -0.4 is 15.5 Å². The van der Waals surface area contributed by atoms with E-state index in [1.54, 1.807) is 13.3 Å². The fraction of sp³-hybridized carbons (Fsp3) is 0.500. The molecule has 0 unspecified atom stereocenters. The maximum Gasteiger partial charge on any atom is 0.187 e. The van der Waals surface area contributed by atoms with Crippen LogP contribution in [-0.2, 0) is 4.74 Å². The van der Waals surface area contributed by atoms with Crippen LogP contribution >= 0.6 is 12.2 Å². The molecule has 0 aliphatic heterocycles. The van der Waals surface area contributed by atoms with Gasteiger partial charge in [0.05, 0.1) is 19.4 Å². The van der Waals surface area contributed by atoms with Gasteiger partial charge in [-0.3, -0.25) is 5.43 Å². The normalized spacial score (nSPS) is 10.6. The molecule has 0 aliphatic rings. The fourth-order valence-corrected chi connectivity index (χ4v) is 1.82. The summed E-state index contributed by atoms with van der Waals surface area (Å²) >= 11 is 5.06. The summed E-state index contributed by atoms with van der Waals surface area (Å²) in [5.41, 5.74) is 3.74. The molecule has 0 saturated carbocycles. The van der Waals surface area contributed by atoms with Crippen LogP contribution in [0.4, 0.5) is 0 Å². The number of hydrazone groups is 1. The molecule has 6 heteroatoms. The zero-order valence-electron chi connectivity index (χ0n) is 13.3. The van der Waals surface area contributed by atoms with Gasteiger partial charge in [0.2, 0.25) is 0 Å². The van der Waals surface area contributed by atoms with Crippen LogP contribution in [0.2, 0.25) is 0 Å². The van der Waals surface area contributed by atoms with E-state index in [0.29, 0.717) is 18.3 Å². The van der Waals surface area contributed by atoms with Crippen molar-refractivity contribution >= 4 is 23.5 Å². The molecule has 0 aliphatic carbocycles. The predicted octanol–water partition coefficient (Wildman–Crippen LogP) is 2.70. The van der Waals surface area contributed by atoms with E-state index in [1.165, 1.54) is 12.8 Å². The van der Waals surface area contributed by atoms with Gasteiger partial charge in [-0.15, -0.1) is 0 Å². The summed E-state index contributed by atoms with van der Waals surface area (Å²) in [5.74, 6) is 0.887. The van der Waals surface area contributed by atoms with Gasteiger partial charge in [0.1, 0.15) is 5.75 Å². The Kier molecular flexibility index (Phi) is 9.98. The first-order valence-electron chi connectivity index (χ1n) is 7.55. The Morgan fingerprint density at radius 1 is 1.23 bits per heavy atom. The van der Waals surface area contributed by atoms with Crippen molar-refractivity contribution in [2.75, 3.05) is 26.9 Å². The molecule has 2 N–H and O–H groups in total. The van der Waals surface area contributed by atoms with Crippen LogP contribution in [0.15, 0.2) is 29.4 Å². The van der Waals surface area contributed by atoms with Gasteiger partial charge in [-0.25, -0.2) is 0 Å². The van der Waals surface area contributed by atoms with Crippen molar-refractivity contribution < 1.29 is 9.47 Å². The molecular weight excluding hydrogens is 298 g/mol. The highest BCUT2D eigenvalue weighted by Crippen LogP contribution is 2.11. The minimum Gasteiger partial charge on any atom is -0.494 e. The molecule has 1 rings (SSSR count). The average molecular weight is 323 g/mol. The Labute approximate surface area is 138 Å². The van der Waals surface area contributed by atoms with Crippen molar-refractivity contribution in [2.45, 2.75) is 26.2 Å². The Balaban J connectivity index is 2.28. The van der Waals surface area contributed by atoms with Crippen LogP contribution in [-0.4, -0.2) is 38.2 Å². The summed E-state index contributed by atoms with van der Waals surface area (Å²) in [5, 5.41) is 7.53. The Hall–Kier alpha value is -1.66. The van der Waals surface area contributed by atoms with Gasteiger partial charge in [0.15, 0.2) is 5.11 Å². The lowest BCUT2D eigenvalue weighted by Gasteiger charge is -2.06. The number of thiocarbonyl (C=S) groups is 1. The van der Waals surface area contributed by atoms with Crippen molar-refractivity contribution in [1.82, 2.24) is 10.7 Å². The first-order chi connectivity index (χ1) is 10.8. The molecule has 0 heterocycles. The predicted molar refractivity (Wildman–Crippen MR) is 94.7 cm³/mol. The number of nitrogens with zero attached hydrogens (tertiary/aromatic N) is 1. The highest BCUT2D eigenvalue weighted by atomic mass is 32.1. The van der Waals surface area contributed by atoms with Gasteiger partial charge in [0, 0.05) is 13.7 Å². The van der Waals surface area contributed by atoms with Crippen LogP contribution in [0.1, 0.15) is 31.7 Å². The zero-order chi connectivity index (χ0) is 16.0. The Morgan fingerprint density at radius 2 is 2.00 bits per heavy atom. The Morgan fingerprint density at radius 3 is 2.68 bits per heavy atom. The molecule has 0 amide bonds. The smallest absolute Gasteiger partial charge is 0.187 e. The van der Waals surface area contributed by atoms with Crippen LogP contribution in [0.25, 0.3) is 0 Å². The zero-order valence-corrected chi connectivity index (χ0v) is 14.1. The van der Waals surface area contributed by atoms with Crippen molar-refractivity contribution in [3.63, 3.8) is 0 Å². The minimum atomic E-state index is 0.476. The van der Waals surface area contributed by atoms with Gasteiger partial charge in [-0.1, -0.05) is 19.8 Å². The van der Waals surface area contributed by atoms with E-state index in [0.717, 1.165) is 24.3 Å². The van der Waals surface area contributed by atoms with Gasteiger partial charge < -0.3 is 14.8 Å². The SMILES string of the molecule is CCCCCOc1ccc(/C=N\NC(=S)NCCOC)cc1. The van der Waals surface area contributed by atoms with E-state index < -0.39 is 0 Å². The molecule has 22 heavy (non-hydrogen) atoms. The molecule has 122 valence electrons. The van der Waals surface area contributed by atoms with Gasteiger partial charge >= 0.3 is 0 Å². The highest BCUT2D eigenvalue weighted by Gasteiger charge is 1.95. The van der Waals surface area contributed by atoms with Crippen molar-refractivity contribution in [2.24, 2.45) is 5.10 Å². The number of hydrogen-bond donors (Lipinski definition) is 2. The van der Waals surface area contributed by atoms with Gasteiger partial charge in [-0.2, -0.15) is 5.10 Å². The van der Waals surface area contributed by atoms with Crippen molar-refractivity contribution in [3.8, 4) is 5.75 Å². The maximum absolute atomic E-state index is 5.66. The molecule has 0 saturated heterocycles. The molecule has 1 aromatic carbocycles. The Bertz CT molecular complexity index is 449. The van der Waals surface area contributed by atoms with Crippen LogP contribution in [0.3, 0.4) is 0 Å². The number of nitrogens with one attached hydrogen (secondary N) is 2. The molecule has 0 aromatic heterocycles. The largest absolute Gasteiger partial charge is 0.494 e. The molecular formula is C16H25N3O2S. The van der Waals surface area contributed by atoms with Gasteiger partial charge in [-0.05, 0) is 48.5 Å². The van der Waals surface area contributed by atoms with E-state index in [-0.39, 0.29) is 0 Å². The van der Waals surface area contributed by atoms with E-state index in [1.807, 2.05) is 24.3 Å². The lowest BCUT2D eigenvalue weighted by Crippen LogP contribution is -2.34. The summed E-state index contributed by atoms with van der Waals surface area (Å²) in [4.78, 5) is 0. The molecule has 0 spiro atoms. The summed E-state index contributed by atoms with van der Waals surface area (Å²) in [6.45, 7) is 4.21. The second-order valence-corrected chi connectivity index (χ2v) is 5.15. The maximum atomic E-state index is 5.66. The molecule has 0 atom stereocenters. The van der Waals surface area contributed by atoms with E-state index in [9.17, 15) is 0 Å². The third kappa shape index (κ3) is 8.59. The highest BCUT2D eigenvalue weighted by molar-refractivity contribution is 7.80. The molecule has 1 aromatic rings. The third-order valence-corrected chi connectivity index (χ3v) is 3.10. The second kappa shape index (κ2) is 11.9. The number of rotatable bonds is 10. The van der Waals surface area contributed by atoms with Crippen LogP contribution in [0.5, 0.6) is 5.75 Å². The van der Waals surface area contributed by atoms with Crippen LogP contribution in [0, 0.1) is 0 Å². The standard InChI is InChI=1S/C16H25N3O2S/c1-3-4-5-11-21-15-8-6-14(7-9-15)13-18-19-16(22)17-10-12-20-2/h6-9,13H,3-5,10-12H2,1-2H3,(H2,17,19,22)/b18-13-. The fourth-order valence-electron chi connectivity index (χ4n) is 1.66. The molecule has 0 bridgehead atoms. The number of methoxy groups -OCH3 is 1. The molecule has 0 radical (unpaired) electrons. The first kappa shape index (κ1) is 18.4. The number of unbranched alkanes of at least 4 members (excludes halogenated alkanes) is 2. The third-order valence-electron chi connectivity index (χ3n) is 2.87. The number of benzene rings is 1. The monoisotopic (exact) mass is 323 g/mol. The number of ether oxygens (including phenoxy) is 2. The first-order valence-corrected chi connectivity index (χ1v) is 7.95. The van der Waals surface area contributed by atoms with E-state index >= 15 is 0 Å². The topological polar surface area (TPSA) is 54.9 Å². The minimum absolute atomic E-state index is 0.476. The summed E-state index contributed by atoms with van der Waals surface area (Å²) < 4.78 is 10.6. The summed E-state index contributed by atoms with van der Waals surface area (Å²) in [6, 6.07) is 7.81. The average Bonchev–Trinajstić information content (AvgIpc) is 2.53.